The highest BCUT2D eigenvalue weighted by atomic mass is 16.5. The third kappa shape index (κ3) is 6.36. The van der Waals surface area contributed by atoms with Gasteiger partial charge in [0, 0.05) is 12.5 Å². The quantitative estimate of drug-likeness (QED) is 0.491. The van der Waals surface area contributed by atoms with Crippen molar-refractivity contribution in [2.24, 2.45) is 0 Å². The van der Waals surface area contributed by atoms with Gasteiger partial charge < -0.3 is 20.5 Å². The molecular formula is C10H20N2O4. The van der Waals surface area contributed by atoms with E-state index in [0.717, 1.165) is 6.54 Å². The zero-order valence-corrected chi connectivity index (χ0v) is 9.95. The maximum absolute atomic E-state index is 11.3. The lowest BCUT2D eigenvalue weighted by atomic mass is 10.2. The Hall–Kier alpha value is -1.14. The summed E-state index contributed by atoms with van der Waals surface area (Å²) in [5.41, 5.74) is 0. The molecule has 0 aromatic carbocycles. The summed E-state index contributed by atoms with van der Waals surface area (Å²) in [5.74, 6) is -0.962. The molecule has 6 heteroatoms. The van der Waals surface area contributed by atoms with Crippen molar-refractivity contribution in [3.05, 3.63) is 0 Å². The molecule has 0 saturated carbocycles. The molecule has 0 bridgehead atoms. The number of hydrogen-bond donors (Lipinski definition) is 3. The van der Waals surface area contributed by atoms with E-state index in [1.165, 1.54) is 7.11 Å². The van der Waals surface area contributed by atoms with Gasteiger partial charge >= 0.3 is 5.97 Å². The van der Waals surface area contributed by atoms with Gasteiger partial charge in [-0.15, -0.1) is 0 Å². The Morgan fingerprint density at radius 2 is 2.06 bits per heavy atom. The first kappa shape index (κ1) is 14.9. The Morgan fingerprint density at radius 3 is 2.56 bits per heavy atom. The number of ether oxygens (including phenoxy) is 1. The van der Waals surface area contributed by atoms with E-state index in [4.69, 9.17) is 0 Å². The van der Waals surface area contributed by atoms with Crippen molar-refractivity contribution < 1.29 is 19.4 Å². The van der Waals surface area contributed by atoms with Crippen molar-refractivity contribution in [3.63, 3.8) is 0 Å². The van der Waals surface area contributed by atoms with Crippen LogP contribution in [0.25, 0.3) is 0 Å². The lowest BCUT2D eigenvalue weighted by Crippen LogP contribution is -2.39. The molecule has 0 fully saturated rings. The molecule has 2 unspecified atom stereocenters. The van der Waals surface area contributed by atoms with Crippen molar-refractivity contribution in [2.75, 3.05) is 20.2 Å². The van der Waals surface area contributed by atoms with Gasteiger partial charge in [-0.2, -0.15) is 0 Å². The van der Waals surface area contributed by atoms with Crippen LogP contribution < -0.4 is 10.6 Å². The van der Waals surface area contributed by atoms with Gasteiger partial charge in [0.1, 0.15) is 0 Å². The SMILES string of the molecule is CCNC(C)CC(=O)NCC(O)C(=O)OC. The molecule has 16 heavy (non-hydrogen) atoms. The maximum atomic E-state index is 11.3. The predicted octanol–water partition coefficient (Wildman–Crippen LogP) is -0.975. The number of aliphatic hydroxyl groups is 1. The van der Waals surface area contributed by atoms with Crippen molar-refractivity contribution in [1.82, 2.24) is 10.6 Å². The number of hydrogen-bond acceptors (Lipinski definition) is 5. The number of carbonyl (C=O) groups is 2. The fraction of sp³-hybridized carbons (Fsp3) is 0.800. The lowest BCUT2D eigenvalue weighted by molar-refractivity contribution is -0.150. The largest absolute Gasteiger partial charge is 0.467 e. The molecule has 6 nitrogen and oxygen atoms in total. The van der Waals surface area contributed by atoms with Crippen molar-refractivity contribution in [2.45, 2.75) is 32.4 Å². The molecule has 2 atom stereocenters. The molecule has 0 aliphatic rings. The lowest BCUT2D eigenvalue weighted by Gasteiger charge is -2.13. The highest BCUT2D eigenvalue weighted by Gasteiger charge is 2.16. The average molecular weight is 232 g/mol. The molecule has 3 N–H and O–H groups in total. The molecule has 94 valence electrons. The molecule has 0 aromatic heterocycles. The smallest absolute Gasteiger partial charge is 0.336 e. The Bertz CT molecular complexity index is 233. The number of carbonyl (C=O) groups excluding carboxylic acids is 2. The van der Waals surface area contributed by atoms with Gasteiger partial charge in [0.25, 0.3) is 0 Å². The van der Waals surface area contributed by atoms with Crippen LogP contribution in [0.4, 0.5) is 0 Å². The molecule has 0 aliphatic carbocycles. The summed E-state index contributed by atoms with van der Waals surface area (Å²) in [5, 5.41) is 14.7. The summed E-state index contributed by atoms with van der Waals surface area (Å²) in [6.45, 7) is 4.51. The summed E-state index contributed by atoms with van der Waals surface area (Å²) in [7, 11) is 1.18. The van der Waals surface area contributed by atoms with Crippen LogP contribution in [0.1, 0.15) is 20.3 Å². The number of methoxy groups -OCH3 is 1. The normalized spacial score (nSPS) is 14.0. The predicted molar refractivity (Wildman–Crippen MR) is 58.8 cm³/mol. The van der Waals surface area contributed by atoms with E-state index in [9.17, 15) is 14.7 Å². The average Bonchev–Trinajstić information content (AvgIpc) is 2.24. The monoisotopic (exact) mass is 232 g/mol. The van der Waals surface area contributed by atoms with E-state index in [1.807, 2.05) is 13.8 Å². The summed E-state index contributed by atoms with van der Waals surface area (Å²) in [4.78, 5) is 22.1. The molecule has 0 saturated heterocycles. The van der Waals surface area contributed by atoms with E-state index in [2.05, 4.69) is 15.4 Å². The minimum absolute atomic E-state index is 0.0697. The van der Waals surface area contributed by atoms with Gasteiger partial charge in [0.2, 0.25) is 5.91 Å². The van der Waals surface area contributed by atoms with Crippen molar-refractivity contribution in [1.29, 1.82) is 0 Å². The highest BCUT2D eigenvalue weighted by Crippen LogP contribution is 1.91. The third-order valence-electron chi connectivity index (χ3n) is 2.01. The third-order valence-corrected chi connectivity index (χ3v) is 2.01. The number of aliphatic hydroxyl groups excluding tert-OH is 1. The summed E-state index contributed by atoms with van der Waals surface area (Å²) in [6, 6.07) is 0.0697. The van der Waals surface area contributed by atoms with Crippen molar-refractivity contribution >= 4 is 11.9 Å². The van der Waals surface area contributed by atoms with Crippen LogP contribution in [0.5, 0.6) is 0 Å². The molecule has 0 rings (SSSR count). The molecule has 0 radical (unpaired) electrons. The molecular weight excluding hydrogens is 212 g/mol. The van der Waals surface area contributed by atoms with Gasteiger partial charge in [-0.25, -0.2) is 4.79 Å². The topological polar surface area (TPSA) is 87.7 Å². The van der Waals surface area contributed by atoms with Crippen LogP contribution >= 0.6 is 0 Å². The zero-order valence-electron chi connectivity index (χ0n) is 9.95. The second-order valence-electron chi connectivity index (χ2n) is 3.51. The minimum atomic E-state index is -1.30. The van der Waals surface area contributed by atoms with Gasteiger partial charge in [-0.1, -0.05) is 6.92 Å². The Balaban J connectivity index is 3.76. The van der Waals surface area contributed by atoms with Crippen LogP contribution in [0.2, 0.25) is 0 Å². The van der Waals surface area contributed by atoms with Gasteiger partial charge in [0.15, 0.2) is 6.10 Å². The van der Waals surface area contributed by atoms with Gasteiger partial charge in [-0.05, 0) is 13.5 Å². The first-order valence-corrected chi connectivity index (χ1v) is 5.27. The van der Waals surface area contributed by atoms with E-state index in [0.29, 0.717) is 6.42 Å². The van der Waals surface area contributed by atoms with Crippen LogP contribution in [0.15, 0.2) is 0 Å². The number of rotatable bonds is 7. The van der Waals surface area contributed by atoms with E-state index in [1.54, 1.807) is 0 Å². The molecule has 0 spiro atoms. The first-order chi connectivity index (χ1) is 7.51. The number of amides is 1. The zero-order chi connectivity index (χ0) is 12.6. The Labute approximate surface area is 95.4 Å². The fourth-order valence-electron chi connectivity index (χ4n) is 1.20. The summed E-state index contributed by atoms with van der Waals surface area (Å²) in [6.07, 6.45) is -0.995. The molecule has 0 aromatic rings. The first-order valence-electron chi connectivity index (χ1n) is 5.27. The van der Waals surface area contributed by atoms with E-state index in [-0.39, 0.29) is 18.5 Å². The summed E-state index contributed by atoms with van der Waals surface area (Å²) < 4.78 is 4.31. The van der Waals surface area contributed by atoms with E-state index < -0.39 is 12.1 Å². The molecule has 0 aliphatic heterocycles. The number of nitrogens with one attached hydrogen (secondary N) is 2. The van der Waals surface area contributed by atoms with Crippen LogP contribution in [0, 0.1) is 0 Å². The standard InChI is InChI=1S/C10H20N2O4/c1-4-11-7(2)5-9(14)12-6-8(13)10(15)16-3/h7-8,11,13H,4-6H2,1-3H3,(H,12,14). The van der Waals surface area contributed by atoms with Gasteiger partial charge in [-0.3, -0.25) is 4.79 Å². The van der Waals surface area contributed by atoms with Crippen LogP contribution in [-0.2, 0) is 14.3 Å². The molecule has 1 amide bonds. The maximum Gasteiger partial charge on any atom is 0.336 e. The summed E-state index contributed by atoms with van der Waals surface area (Å²) >= 11 is 0. The van der Waals surface area contributed by atoms with Crippen LogP contribution in [-0.4, -0.2) is 49.3 Å². The Kier molecular flexibility index (Phi) is 7.49. The fourth-order valence-corrected chi connectivity index (χ4v) is 1.20. The minimum Gasteiger partial charge on any atom is -0.467 e. The van der Waals surface area contributed by atoms with E-state index >= 15 is 0 Å². The van der Waals surface area contributed by atoms with Crippen molar-refractivity contribution in [3.8, 4) is 0 Å². The Morgan fingerprint density at radius 1 is 1.44 bits per heavy atom. The number of esters is 1. The van der Waals surface area contributed by atoms with Gasteiger partial charge in [0.05, 0.1) is 13.7 Å². The molecule has 0 heterocycles. The highest BCUT2D eigenvalue weighted by molar-refractivity contribution is 5.79. The van der Waals surface area contributed by atoms with Crippen LogP contribution in [0.3, 0.4) is 0 Å². The second-order valence-corrected chi connectivity index (χ2v) is 3.51. The second kappa shape index (κ2) is 8.06.